The maximum atomic E-state index is 10.2. The third-order valence-corrected chi connectivity index (χ3v) is 2.50. The maximum Gasteiger partial charge on any atom is 0.397 e. The topological polar surface area (TPSA) is 154 Å². The minimum absolute atomic E-state index is 0. The third kappa shape index (κ3) is 5.04. The first-order chi connectivity index (χ1) is 7.22. The van der Waals surface area contributed by atoms with E-state index in [0.29, 0.717) is 0 Å². The van der Waals surface area contributed by atoms with Crippen molar-refractivity contribution in [3.8, 4) is 0 Å². The summed E-state index contributed by atoms with van der Waals surface area (Å²) in [6.45, 7) is -0.805. The van der Waals surface area contributed by atoms with Gasteiger partial charge in [-0.25, -0.2) is 4.18 Å². The van der Waals surface area contributed by atoms with Crippen LogP contribution in [0.3, 0.4) is 0 Å². The summed E-state index contributed by atoms with van der Waals surface area (Å²) in [7, 11) is -4.71. The molecule has 0 spiro atoms. The van der Waals surface area contributed by atoms with Gasteiger partial charge < -0.3 is 25.2 Å². The predicted octanol–water partition coefficient (Wildman–Crippen LogP) is -3.78. The van der Waals surface area contributed by atoms with Crippen LogP contribution >= 0.6 is 0 Å². The van der Waals surface area contributed by atoms with Crippen LogP contribution in [0.15, 0.2) is 0 Å². The first-order valence-corrected chi connectivity index (χ1v) is 5.58. The zero-order valence-electron chi connectivity index (χ0n) is 8.87. The Morgan fingerprint density at radius 3 is 2.06 bits per heavy atom. The maximum absolute atomic E-state index is 10.2. The summed E-state index contributed by atoms with van der Waals surface area (Å²) in [4.78, 5) is 0. The van der Waals surface area contributed by atoms with E-state index < -0.39 is 47.7 Å². The molecule has 0 saturated carbocycles. The molecule has 1 heterocycles. The molecule has 1 saturated heterocycles. The van der Waals surface area contributed by atoms with Crippen LogP contribution in [0.4, 0.5) is 0 Å². The van der Waals surface area contributed by atoms with Gasteiger partial charge in [-0.05, 0) is 0 Å². The molecule has 9 nitrogen and oxygen atoms in total. The SMILES string of the molecule is O=S(=O)(O)OC[C@H]1OC(O)[C@H](O)[C@@H](O)[C@H]1O.[Na]. The second-order valence-corrected chi connectivity index (χ2v) is 4.34. The standard InChI is InChI=1S/C6H12O9S.Na/c7-3-2(1-14-16(11,12)13)15-6(10)5(9)4(3)8;/h2-10H,1H2,(H,11,12,13);/t2-,3+,4+,5-,6?;/m1./s1. The van der Waals surface area contributed by atoms with Crippen LogP contribution in [0.2, 0.25) is 0 Å². The van der Waals surface area contributed by atoms with Gasteiger partial charge in [0.05, 0.1) is 6.61 Å². The van der Waals surface area contributed by atoms with Crippen LogP contribution in [0.5, 0.6) is 0 Å². The van der Waals surface area contributed by atoms with E-state index in [1.807, 2.05) is 0 Å². The molecule has 1 fully saturated rings. The molecule has 5 atom stereocenters. The van der Waals surface area contributed by atoms with Gasteiger partial charge in [0, 0.05) is 29.6 Å². The molecule has 97 valence electrons. The van der Waals surface area contributed by atoms with Crippen molar-refractivity contribution in [2.24, 2.45) is 0 Å². The summed E-state index contributed by atoms with van der Waals surface area (Å²) < 4.78 is 37.2. The molecule has 1 aliphatic heterocycles. The fourth-order valence-electron chi connectivity index (χ4n) is 1.22. The number of rotatable bonds is 3. The van der Waals surface area contributed by atoms with E-state index in [2.05, 4.69) is 8.92 Å². The third-order valence-electron chi connectivity index (χ3n) is 2.07. The van der Waals surface area contributed by atoms with Gasteiger partial charge in [-0.3, -0.25) is 4.55 Å². The van der Waals surface area contributed by atoms with Crippen molar-refractivity contribution < 1.29 is 42.3 Å². The van der Waals surface area contributed by atoms with Crippen molar-refractivity contribution >= 4 is 40.0 Å². The Morgan fingerprint density at radius 2 is 1.59 bits per heavy atom. The minimum atomic E-state index is -4.71. The number of hydrogen-bond acceptors (Lipinski definition) is 8. The van der Waals surface area contributed by atoms with E-state index in [1.165, 1.54) is 0 Å². The Hall–Kier alpha value is 0.670. The van der Waals surface area contributed by atoms with Crippen molar-refractivity contribution in [3.63, 3.8) is 0 Å². The van der Waals surface area contributed by atoms with Gasteiger partial charge >= 0.3 is 10.4 Å². The molecule has 0 amide bonds. The molecule has 1 radical (unpaired) electrons. The average Bonchev–Trinajstić information content (AvgIpc) is 2.17. The van der Waals surface area contributed by atoms with Gasteiger partial charge in [0.15, 0.2) is 6.29 Å². The second kappa shape index (κ2) is 6.73. The van der Waals surface area contributed by atoms with Crippen LogP contribution in [0, 0.1) is 0 Å². The van der Waals surface area contributed by atoms with Gasteiger partial charge in [-0.2, -0.15) is 8.42 Å². The van der Waals surface area contributed by atoms with Crippen molar-refractivity contribution in [1.82, 2.24) is 0 Å². The van der Waals surface area contributed by atoms with Crippen LogP contribution in [0.25, 0.3) is 0 Å². The Bertz CT molecular complexity index is 332. The monoisotopic (exact) mass is 283 g/mol. The normalized spacial score (nSPS) is 38.5. The Morgan fingerprint density at radius 1 is 1.06 bits per heavy atom. The smallest absolute Gasteiger partial charge is 0.387 e. The zero-order valence-corrected chi connectivity index (χ0v) is 11.7. The summed E-state index contributed by atoms with van der Waals surface area (Å²) >= 11 is 0. The van der Waals surface area contributed by atoms with Gasteiger partial charge in [-0.1, -0.05) is 0 Å². The van der Waals surface area contributed by atoms with Gasteiger partial charge in [0.1, 0.15) is 24.4 Å². The van der Waals surface area contributed by atoms with Crippen molar-refractivity contribution in [2.45, 2.75) is 30.7 Å². The van der Waals surface area contributed by atoms with Crippen LogP contribution in [-0.4, -0.2) is 100 Å². The van der Waals surface area contributed by atoms with E-state index in [9.17, 15) is 18.6 Å². The molecule has 0 bridgehead atoms. The average molecular weight is 283 g/mol. The Labute approximate surface area is 119 Å². The summed E-state index contributed by atoms with van der Waals surface area (Å²) in [5, 5.41) is 36.7. The Kier molecular flexibility index (Phi) is 6.99. The van der Waals surface area contributed by atoms with E-state index in [1.54, 1.807) is 0 Å². The van der Waals surface area contributed by atoms with Gasteiger partial charge in [-0.15, -0.1) is 0 Å². The van der Waals surface area contributed by atoms with Crippen molar-refractivity contribution in [2.75, 3.05) is 6.61 Å². The van der Waals surface area contributed by atoms with Crippen molar-refractivity contribution in [1.29, 1.82) is 0 Å². The molecule has 0 aromatic rings. The largest absolute Gasteiger partial charge is 0.397 e. The molecule has 17 heavy (non-hydrogen) atoms. The molecular formula is C6H12NaO9S. The summed E-state index contributed by atoms with van der Waals surface area (Å²) in [6, 6.07) is 0. The van der Waals surface area contributed by atoms with E-state index in [4.69, 9.17) is 14.8 Å². The van der Waals surface area contributed by atoms with Crippen LogP contribution in [-0.2, 0) is 19.3 Å². The summed E-state index contributed by atoms with van der Waals surface area (Å²) in [5.74, 6) is 0. The second-order valence-electron chi connectivity index (χ2n) is 3.25. The van der Waals surface area contributed by atoms with E-state index >= 15 is 0 Å². The molecular weight excluding hydrogens is 271 g/mol. The van der Waals surface area contributed by atoms with Gasteiger partial charge in [0.25, 0.3) is 0 Å². The molecule has 0 aromatic heterocycles. The fraction of sp³-hybridized carbons (Fsp3) is 1.00. The number of aliphatic hydroxyl groups excluding tert-OH is 4. The molecule has 1 unspecified atom stereocenters. The first-order valence-electron chi connectivity index (χ1n) is 4.22. The van der Waals surface area contributed by atoms with E-state index in [0.717, 1.165) is 0 Å². The quantitative estimate of drug-likeness (QED) is 0.259. The number of hydrogen-bond donors (Lipinski definition) is 5. The molecule has 0 aromatic carbocycles. The first kappa shape index (κ1) is 17.7. The van der Waals surface area contributed by atoms with Crippen LogP contribution < -0.4 is 0 Å². The number of aliphatic hydroxyl groups is 4. The molecule has 5 N–H and O–H groups in total. The van der Waals surface area contributed by atoms with E-state index in [-0.39, 0.29) is 29.6 Å². The molecule has 11 heteroatoms. The fourth-order valence-corrected chi connectivity index (χ4v) is 1.53. The van der Waals surface area contributed by atoms with Gasteiger partial charge in [0.2, 0.25) is 0 Å². The molecule has 1 aliphatic rings. The van der Waals surface area contributed by atoms with Crippen molar-refractivity contribution in [3.05, 3.63) is 0 Å². The summed E-state index contributed by atoms with van der Waals surface area (Å²) in [6.07, 6.45) is -8.25. The number of ether oxygens (including phenoxy) is 1. The minimum Gasteiger partial charge on any atom is -0.387 e. The molecule has 1 rings (SSSR count). The van der Waals surface area contributed by atoms with Crippen LogP contribution in [0.1, 0.15) is 0 Å². The zero-order chi connectivity index (χ0) is 12.5. The summed E-state index contributed by atoms with van der Waals surface area (Å²) in [5.41, 5.74) is 0. The predicted molar refractivity (Wildman–Crippen MR) is 52.2 cm³/mol. The Balaban J connectivity index is 0.00000256. The molecule has 0 aliphatic carbocycles.